The minimum atomic E-state index is 0.132. The smallest absolute Gasteiger partial charge is 0.219 e. The van der Waals surface area contributed by atoms with Crippen LogP contribution >= 0.6 is 11.6 Å². The lowest BCUT2D eigenvalue weighted by molar-refractivity contribution is -0.128. The van der Waals surface area contributed by atoms with E-state index in [4.69, 9.17) is 11.6 Å². The zero-order valence-electron chi connectivity index (χ0n) is 11.9. The van der Waals surface area contributed by atoms with Crippen LogP contribution in [0.2, 0.25) is 5.02 Å². The van der Waals surface area contributed by atoms with Gasteiger partial charge in [0, 0.05) is 43.5 Å². The van der Waals surface area contributed by atoms with Gasteiger partial charge in [0.15, 0.2) is 0 Å². The highest BCUT2D eigenvalue weighted by Crippen LogP contribution is 2.26. The second-order valence-electron chi connectivity index (χ2n) is 5.21. The molecule has 5 nitrogen and oxygen atoms in total. The molecule has 0 N–H and O–H groups in total. The predicted molar refractivity (Wildman–Crippen MR) is 83.6 cm³/mol. The first-order valence-corrected chi connectivity index (χ1v) is 7.43. The van der Waals surface area contributed by atoms with Crippen molar-refractivity contribution < 1.29 is 4.79 Å². The van der Waals surface area contributed by atoms with E-state index in [-0.39, 0.29) is 5.91 Å². The van der Waals surface area contributed by atoms with Gasteiger partial charge in [-0.3, -0.25) is 4.79 Å². The monoisotopic (exact) mass is 304 g/mol. The summed E-state index contributed by atoms with van der Waals surface area (Å²) in [6.45, 7) is 4.80. The van der Waals surface area contributed by atoms with E-state index >= 15 is 0 Å². The lowest BCUT2D eigenvalue weighted by Crippen LogP contribution is -2.33. The van der Waals surface area contributed by atoms with Crippen molar-refractivity contribution in [3.63, 3.8) is 0 Å². The van der Waals surface area contributed by atoms with Crippen LogP contribution in [-0.4, -0.2) is 47.0 Å². The molecule has 2 aromatic rings. The average Bonchev–Trinajstić information content (AvgIpc) is 2.72. The van der Waals surface area contributed by atoms with Gasteiger partial charge in [-0.15, -0.1) is 0 Å². The third-order valence-electron chi connectivity index (χ3n) is 3.82. The molecule has 3 rings (SSSR count). The first-order valence-electron chi connectivity index (χ1n) is 7.06. The van der Waals surface area contributed by atoms with Crippen LogP contribution in [0, 0.1) is 0 Å². The summed E-state index contributed by atoms with van der Waals surface area (Å²) in [6, 6.07) is 5.64. The molecule has 1 aliphatic rings. The van der Waals surface area contributed by atoms with Crippen molar-refractivity contribution in [2.24, 2.45) is 0 Å². The maximum absolute atomic E-state index is 11.5. The van der Waals surface area contributed by atoms with Crippen LogP contribution < -0.4 is 4.90 Å². The fourth-order valence-corrected chi connectivity index (χ4v) is 2.88. The van der Waals surface area contributed by atoms with Gasteiger partial charge in [-0.2, -0.15) is 0 Å². The Balaban J connectivity index is 1.93. The third-order valence-corrected chi connectivity index (χ3v) is 4.05. The Morgan fingerprint density at radius 3 is 2.86 bits per heavy atom. The van der Waals surface area contributed by atoms with E-state index in [0.717, 1.165) is 49.3 Å². The topological polar surface area (TPSA) is 49.3 Å². The Morgan fingerprint density at radius 2 is 2.05 bits per heavy atom. The molecule has 1 saturated heterocycles. The molecule has 1 fully saturated rings. The molecule has 0 atom stereocenters. The number of fused-ring (bicyclic) bond motifs is 1. The number of rotatable bonds is 1. The summed E-state index contributed by atoms with van der Waals surface area (Å²) in [7, 11) is 0. The molecular formula is C15H17ClN4O. The SMILES string of the molecule is CC(=O)N1CCCN(c2ncnc3ccc(Cl)cc23)CC1. The highest BCUT2D eigenvalue weighted by molar-refractivity contribution is 6.31. The van der Waals surface area contributed by atoms with E-state index in [1.165, 1.54) is 0 Å². The molecule has 2 heterocycles. The molecule has 0 unspecified atom stereocenters. The summed E-state index contributed by atoms with van der Waals surface area (Å²) < 4.78 is 0. The first-order chi connectivity index (χ1) is 10.1. The molecule has 1 amide bonds. The zero-order chi connectivity index (χ0) is 14.8. The molecule has 0 spiro atoms. The Morgan fingerprint density at radius 1 is 1.19 bits per heavy atom. The number of hydrogen-bond acceptors (Lipinski definition) is 4. The number of benzene rings is 1. The molecule has 1 aromatic carbocycles. The number of carbonyl (C=O) groups is 1. The molecule has 0 aliphatic carbocycles. The highest BCUT2D eigenvalue weighted by Gasteiger charge is 2.19. The van der Waals surface area contributed by atoms with Gasteiger partial charge in [-0.1, -0.05) is 11.6 Å². The number of anilines is 1. The van der Waals surface area contributed by atoms with Crippen LogP contribution in [0.5, 0.6) is 0 Å². The molecule has 1 aromatic heterocycles. The molecule has 0 saturated carbocycles. The number of aromatic nitrogens is 2. The van der Waals surface area contributed by atoms with Gasteiger partial charge >= 0.3 is 0 Å². The minimum Gasteiger partial charge on any atom is -0.354 e. The maximum atomic E-state index is 11.5. The van der Waals surface area contributed by atoms with Crippen LogP contribution in [-0.2, 0) is 4.79 Å². The fraction of sp³-hybridized carbons (Fsp3) is 0.400. The second kappa shape index (κ2) is 5.85. The van der Waals surface area contributed by atoms with Gasteiger partial charge in [-0.05, 0) is 24.6 Å². The van der Waals surface area contributed by atoms with E-state index in [1.807, 2.05) is 23.1 Å². The Labute approximate surface area is 128 Å². The summed E-state index contributed by atoms with van der Waals surface area (Å²) in [4.78, 5) is 24.3. The van der Waals surface area contributed by atoms with E-state index in [9.17, 15) is 4.79 Å². The summed E-state index contributed by atoms with van der Waals surface area (Å²) in [5, 5.41) is 1.64. The standard InChI is InChI=1S/C15H17ClN4O/c1-11(21)19-5-2-6-20(8-7-19)15-13-9-12(16)3-4-14(13)17-10-18-15/h3-4,9-10H,2,5-8H2,1H3. The molecule has 1 aliphatic heterocycles. The molecule has 0 radical (unpaired) electrons. The van der Waals surface area contributed by atoms with Crippen LogP contribution in [0.3, 0.4) is 0 Å². The zero-order valence-corrected chi connectivity index (χ0v) is 12.7. The van der Waals surface area contributed by atoms with Crippen LogP contribution in [0.1, 0.15) is 13.3 Å². The maximum Gasteiger partial charge on any atom is 0.219 e. The number of amides is 1. The van der Waals surface area contributed by atoms with Gasteiger partial charge in [-0.25, -0.2) is 9.97 Å². The summed E-state index contributed by atoms with van der Waals surface area (Å²) >= 11 is 6.10. The van der Waals surface area contributed by atoms with Crippen molar-refractivity contribution in [1.82, 2.24) is 14.9 Å². The average molecular weight is 305 g/mol. The van der Waals surface area contributed by atoms with Crippen molar-refractivity contribution in [2.45, 2.75) is 13.3 Å². The van der Waals surface area contributed by atoms with Crippen molar-refractivity contribution in [3.05, 3.63) is 29.5 Å². The lowest BCUT2D eigenvalue weighted by atomic mass is 10.2. The quantitative estimate of drug-likeness (QED) is 0.811. The lowest BCUT2D eigenvalue weighted by Gasteiger charge is -2.23. The van der Waals surface area contributed by atoms with Crippen molar-refractivity contribution in [2.75, 3.05) is 31.1 Å². The Bertz CT molecular complexity index is 676. The van der Waals surface area contributed by atoms with Crippen LogP contribution in [0.15, 0.2) is 24.5 Å². The van der Waals surface area contributed by atoms with E-state index in [0.29, 0.717) is 5.02 Å². The summed E-state index contributed by atoms with van der Waals surface area (Å²) in [5.74, 6) is 1.03. The Kier molecular flexibility index (Phi) is 3.92. The van der Waals surface area contributed by atoms with Crippen molar-refractivity contribution in [1.29, 1.82) is 0 Å². The molecule has 0 bridgehead atoms. The summed E-state index contributed by atoms with van der Waals surface area (Å²) in [5.41, 5.74) is 0.886. The number of halogens is 1. The number of nitrogens with zero attached hydrogens (tertiary/aromatic N) is 4. The van der Waals surface area contributed by atoms with E-state index in [2.05, 4.69) is 14.9 Å². The Hall–Kier alpha value is -1.88. The largest absolute Gasteiger partial charge is 0.354 e. The highest BCUT2D eigenvalue weighted by atomic mass is 35.5. The third kappa shape index (κ3) is 2.93. The summed E-state index contributed by atoms with van der Waals surface area (Å²) in [6.07, 6.45) is 2.52. The molecule has 21 heavy (non-hydrogen) atoms. The van der Waals surface area contributed by atoms with Crippen molar-refractivity contribution in [3.8, 4) is 0 Å². The van der Waals surface area contributed by atoms with Gasteiger partial charge in [0.05, 0.1) is 5.52 Å². The van der Waals surface area contributed by atoms with Crippen LogP contribution in [0.4, 0.5) is 5.82 Å². The van der Waals surface area contributed by atoms with Gasteiger partial charge in [0.25, 0.3) is 0 Å². The normalized spacial score (nSPS) is 16.1. The van der Waals surface area contributed by atoms with E-state index < -0.39 is 0 Å². The molecular weight excluding hydrogens is 288 g/mol. The molecule has 6 heteroatoms. The minimum absolute atomic E-state index is 0.132. The number of hydrogen-bond donors (Lipinski definition) is 0. The number of carbonyl (C=O) groups excluding carboxylic acids is 1. The van der Waals surface area contributed by atoms with E-state index in [1.54, 1.807) is 13.3 Å². The van der Waals surface area contributed by atoms with Crippen molar-refractivity contribution >= 4 is 34.2 Å². The van der Waals surface area contributed by atoms with Gasteiger partial charge < -0.3 is 9.80 Å². The van der Waals surface area contributed by atoms with Crippen LogP contribution in [0.25, 0.3) is 10.9 Å². The fourth-order valence-electron chi connectivity index (χ4n) is 2.71. The predicted octanol–water partition coefficient (Wildman–Crippen LogP) is 2.34. The van der Waals surface area contributed by atoms with Gasteiger partial charge in [0.1, 0.15) is 12.1 Å². The first kappa shape index (κ1) is 14.1. The second-order valence-corrected chi connectivity index (χ2v) is 5.64. The van der Waals surface area contributed by atoms with Gasteiger partial charge in [0.2, 0.25) is 5.91 Å². The molecule has 110 valence electrons.